The van der Waals surface area contributed by atoms with Gasteiger partial charge in [0.05, 0.1) is 6.42 Å². The fourth-order valence-corrected chi connectivity index (χ4v) is 2.62. The maximum absolute atomic E-state index is 12.2. The number of amides is 1. The molecule has 0 radical (unpaired) electrons. The molecule has 0 aliphatic carbocycles. The lowest BCUT2D eigenvalue weighted by molar-refractivity contribution is -0.156. The summed E-state index contributed by atoms with van der Waals surface area (Å²) in [5.41, 5.74) is -0.306. The molecule has 18 heavy (non-hydrogen) atoms. The summed E-state index contributed by atoms with van der Waals surface area (Å²) in [6.45, 7) is 2.34. The number of hydrogen-bond donors (Lipinski definition) is 2. The van der Waals surface area contributed by atoms with Crippen LogP contribution in [0, 0.1) is 0 Å². The number of H-pyrrole nitrogens is 1. The number of nitrogens with one attached hydrogen (secondary N) is 1. The van der Waals surface area contributed by atoms with Crippen LogP contribution in [0.25, 0.3) is 0 Å². The standard InChI is InChI=1S/C12H17N3O3/c1-2-12(11(17)18)5-3-7-15(12)10(16)8-9-4-6-13-14-9/h4,6H,2-3,5,7-8H2,1H3,(H,13,14)(H,17,18). The topological polar surface area (TPSA) is 86.3 Å². The van der Waals surface area contributed by atoms with Crippen molar-refractivity contribution in [3.8, 4) is 0 Å². The van der Waals surface area contributed by atoms with Crippen LogP contribution in [0.3, 0.4) is 0 Å². The van der Waals surface area contributed by atoms with Gasteiger partial charge in [-0.15, -0.1) is 0 Å². The van der Waals surface area contributed by atoms with Gasteiger partial charge in [0.2, 0.25) is 5.91 Å². The number of likely N-dealkylation sites (tertiary alicyclic amines) is 1. The molecule has 1 saturated heterocycles. The maximum atomic E-state index is 12.2. The predicted octanol–water partition coefficient (Wildman–Crippen LogP) is 0.808. The molecule has 2 N–H and O–H groups in total. The smallest absolute Gasteiger partial charge is 0.329 e. The van der Waals surface area contributed by atoms with E-state index in [4.69, 9.17) is 0 Å². The summed E-state index contributed by atoms with van der Waals surface area (Å²) in [5.74, 6) is -1.05. The minimum atomic E-state index is -1.02. The Morgan fingerprint density at radius 3 is 2.94 bits per heavy atom. The van der Waals surface area contributed by atoms with Crippen molar-refractivity contribution in [2.24, 2.45) is 0 Å². The van der Waals surface area contributed by atoms with Crippen LogP contribution >= 0.6 is 0 Å². The van der Waals surface area contributed by atoms with Gasteiger partial charge in [-0.2, -0.15) is 5.10 Å². The second-order valence-electron chi connectivity index (χ2n) is 4.60. The number of carbonyl (C=O) groups is 2. The zero-order valence-corrected chi connectivity index (χ0v) is 10.3. The Balaban J connectivity index is 2.16. The molecule has 1 fully saturated rings. The number of carboxylic acids is 1. The quantitative estimate of drug-likeness (QED) is 0.829. The first-order valence-corrected chi connectivity index (χ1v) is 6.12. The van der Waals surface area contributed by atoms with Gasteiger partial charge in [-0.25, -0.2) is 4.79 Å². The van der Waals surface area contributed by atoms with Crippen LogP contribution in [0.15, 0.2) is 12.3 Å². The molecular formula is C12H17N3O3. The first kappa shape index (κ1) is 12.6. The highest BCUT2D eigenvalue weighted by Crippen LogP contribution is 2.33. The Morgan fingerprint density at radius 2 is 2.39 bits per heavy atom. The van der Waals surface area contributed by atoms with Crippen LogP contribution in [0.5, 0.6) is 0 Å². The van der Waals surface area contributed by atoms with Gasteiger partial charge in [-0.3, -0.25) is 9.89 Å². The van der Waals surface area contributed by atoms with E-state index in [0.717, 1.165) is 6.42 Å². The van der Waals surface area contributed by atoms with Gasteiger partial charge >= 0.3 is 5.97 Å². The van der Waals surface area contributed by atoms with E-state index in [1.807, 2.05) is 6.92 Å². The summed E-state index contributed by atoms with van der Waals surface area (Å²) in [4.78, 5) is 25.2. The van der Waals surface area contributed by atoms with Gasteiger partial charge in [0.25, 0.3) is 0 Å². The van der Waals surface area contributed by atoms with Crippen LogP contribution < -0.4 is 0 Å². The third-order valence-electron chi connectivity index (χ3n) is 3.67. The van der Waals surface area contributed by atoms with Gasteiger partial charge in [-0.05, 0) is 25.3 Å². The molecule has 1 aliphatic heterocycles. The minimum absolute atomic E-state index is 0.152. The second kappa shape index (κ2) is 4.80. The number of carboxylic acid groups (broad SMARTS) is 1. The Morgan fingerprint density at radius 1 is 1.61 bits per heavy atom. The molecule has 2 heterocycles. The molecule has 2 rings (SSSR count). The van der Waals surface area contributed by atoms with Gasteiger partial charge < -0.3 is 10.0 Å². The normalized spacial score (nSPS) is 23.3. The predicted molar refractivity (Wildman–Crippen MR) is 63.9 cm³/mol. The Bertz CT molecular complexity index is 443. The van der Waals surface area contributed by atoms with E-state index < -0.39 is 11.5 Å². The number of aromatic amines is 1. The van der Waals surface area contributed by atoms with Gasteiger partial charge in [0, 0.05) is 18.4 Å². The van der Waals surface area contributed by atoms with Crippen molar-refractivity contribution in [3.05, 3.63) is 18.0 Å². The van der Waals surface area contributed by atoms with Crippen molar-refractivity contribution in [2.45, 2.75) is 38.1 Å². The van der Waals surface area contributed by atoms with Gasteiger partial charge in [0.1, 0.15) is 5.54 Å². The molecular weight excluding hydrogens is 234 g/mol. The van der Waals surface area contributed by atoms with E-state index in [9.17, 15) is 14.7 Å². The fraction of sp³-hybridized carbons (Fsp3) is 0.583. The van der Waals surface area contributed by atoms with Crippen LogP contribution in [0.4, 0.5) is 0 Å². The van der Waals surface area contributed by atoms with Crippen LogP contribution in [0.2, 0.25) is 0 Å². The first-order valence-electron chi connectivity index (χ1n) is 6.12. The molecule has 1 unspecified atom stereocenters. The van der Waals surface area contributed by atoms with Crippen LogP contribution in [-0.4, -0.2) is 44.2 Å². The van der Waals surface area contributed by atoms with Crippen molar-refractivity contribution < 1.29 is 14.7 Å². The Kier molecular flexibility index (Phi) is 3.36. The zero-order chi connectivity index (χ0) is 13.2. The minimum Gasteiger partial charge on any atom is -0.479 e. The molecule has 1 aromatic heterocycles. The summed E-state index contributed by atoms with van der Waals surface area (Å²) < 4.78 is 0. The molecule has 1 aliphatic rings. The average molecular weight is 251 g/mol. The SMILES string of the molecule is CCC1(C(=O)O)CCCN1C(=O)Cc1ccn[nH]1. The average Bonchev–Trinajstić information content (AvgIpc) is 2.96. The summed E-state index contributed by atoms with van der Waals surface area (Å²) >= 11 is 0. The summed E-state index contributed by atoms with van der Waals surface area (Å²) in [7, 11) is 0. The molecule has 1 atom stereocenters. The first-order chi connectivity index (χ1) is 8.60. The summed E-state index contributed by atoms with van der Waals surface area (Å²) in [5, 5.41) is 15.9. The second-order valence-corrected chi connectivity index (χ2v) is 4.60. The number of hydrogen-bond acceptors (Lipinski definition) is 3. The van der Waals surface area contributed by atoms with Crippen LogP contribution in [-0.2, 0) is 16.0 Å². The molecule has 6 heteroatoms. The zero-order valence-electron chi connectivity index (χ0n) is 10.3. The molecule has 0 bridgehead atoms. The van der Waals surface area contributed by atoms with E-state index in [-0.39, 0.29) is 12.3 Å². The number of aromatic nitrogens is 2. The van der Waals surface area contributed by atoms with Crippen molar-refractivity contribution in [1.29, 1.82) is 0 Å². The Hall–Kier alpha value is -1.85. The van der Waals surface area contributed by atoms with E-state index in [1.54, 1.807) is 12.3 Å². The van der Waals surface area contributed by atoms with E-state index in [0.29, 0.717) is 25.1 Å². The highest BCUT2D eigenvalue weighted by Gasteiger charge is 2.48. The van der Waals surface area contributed by atoms with Crippen molar-refractivity contribution in [2.75, 3.05) is 6.54 Å². The third-order valence-corrected chi connectivity index (χ3v) is 3.67. The number of rotatable bonds is 4. The molecule has 1 aromatic rings. The number of nitrogens with zero attached hydrogens (tertiary/aromatic N) is 2. The maximum Gasteiger partial charge on any atom is 0.329 e. The molecule has 0 saturated carbocycles. The number of carbonyl (C=O) groups excluding carboxylic acids is 1. The monoisotopic (exact) mass is 251 g/mol. The molecule has 98 valence electrons. The fourth-order valence-electron chi connectivity index (χ4n) is 2.62. The summed E-state index contributed by atoms with van der Waals surface area (Å²) in [6, 6.07) is 1.72. The number of aliphatic carboxylic acids is 1. The van der Waals surface area contributed by atoms with E-state index in [2.05, 4.69) is 10.2 Å². The largest absolute Gasteiger partial charge is 0.479 e. The van der Waals surface area contributed by atoms with Crippen LogP contribution in [0.1, 0.15) is 31.9 Å². The summed E-state index contributed by atoms with van der Waals surface area (Å²) in [6.07, 6.45) is 3.48. The molecule has 6 nitrogen and oxygen atoms in total. The lowest BCUT2D eigenvalue weighted by Crippen LogP contribution is -2.53. The molecule has 0 spiro atoms. The van der Waals surface area contributed by atoms with Gasteiger partial charge in [0.15, 0.2) is 0 Å². The van der Waals surface area contributed by atoms with Gasteiger partial charge in [-0.1, -0.05) is 6.92 Å². The third kappa shape index (κ3) is 1.98. The molecule has 0 aromatic carbocycles. The highest BCUT2D eigenvalue weighted by molar-refractivity contribution is 5.88. The highest BCUT2D eigenvalue weighted by atomic mass is 16.4. The Labute approximate surface area is 105 Å². The van der Waals surface area contributed by atoms with Crippen molar-refractivity contribution in [3.63, 3.8) is 0 Å². The van der Waals surface area contributed by atoms with E-state index >= 15 is 0 Å². The molecule has 1 amide bonds. The van der Waals surface area contributed by atoms with Crippen molar-refractivity contribution in [1.82, 2.24) is 15.1 Å². The van der Waals surface area contributed by atoms with Crippen molar-refractivity contribution >= 4 is 11.9 Å². The lowest BCUT2D eigenvalue weighted by Gasteiger charge is -2.33. The lowest BCUT2D eigenvalue weighted by atomic mass is 9.92. The van der Waals surface area contributed by atoms with E-state index in [1.165, 1.54) is 4.90 Å².